The van der Waals surface area contributed by atoms with E-state index in [1.165, 1.54) is 17.4 Å². The number of hydrogen-bond acceptors (Lipinski definition) is 3. The zero-order valence-corrected chi connectivity index (χ0v) is 15.2. The van der Waals surface area contributed by atoms with E-state index in [0.717, 1.165) is 30.4 Å². The third kappa shape index (κ3) is 3.35. The Kier molecular flexibility index (Phi) is 4.70. The summed E-state index contributed by atoms with van der Waals surface area (Å²) in [5, 5.41) is 0.598. The maximum absolute atomic E-state index is 11.6. The second-order valence-corrected chi connectivity index (χ2v) is 8.38. The molecule has 0 bridgehead atoms. The maximum atomic E-state index is 11.6. The Morgan fingerprint density at radius 2 is 1.54 bits per heavy atom. The molecule has 0 saturated heterocycles. The van der Waals surface area contributed by atoms with Crippen LogP contribution in [-0.2, 0) is 9.84 Å². The highest BCUT2D eigenvalue weighted by Crippen LogP contribution is 2.41. The molecular weight excluding hydrogens is 344 g/mol. The first-order valence-electron chi connectivity index (χ1n) is 7.76. The predicted molar refractivity (Wildman–Crippen MR) is 98.2 cm³/mol. The van der Waals surface area contributed by atoms with E-state index in [0.29, 0.717) is 15.7 Å². The Labute approximate surface area is 147 Å². The van der Waals surface area contributed by atoms with Gasteiger partial charge in [0.05, 0.1) is 17.0 Å². The Balaban J connectivity index is 2.02. The summed E-state index contributed by atoms with van der Waals surface area (Å²) in [5.41, 5.74) is 4.70. The summed E-state index contributed by atoms with van der Waals surface area (Å²) < 4.78 is 28.4. The average molecular weight is 363 g/mol. The molecule has 0 N–H and O–H groups in total. The summed E-state index contributed by atoms with van der Waals surface area (Å²) in [4.78, 5) is 0.346. The average Bonchev–Trinajstić information content (AvgIpc) is 3.03. The minimum absolute atomic E-state index is 0.346. The molecule has 5 heteroatoms. The molecule has 0 amide bonds. The number of benzene rings is 2. The number of rotatable bonds is 4. The van der Waals surface area contributed by atoms with Crippen molar-refractivity contribution in [3.8, 4) is 5.75 Å². The second kappa shape index (κ2) is 6.61. The third-order valence-corrected chi connectivity index (χ3v) is 5.77. The monoisotopic (exact) mass is 362 g/mol. The molecule has 24 heavy (non-hydrogen) atoms. The van der Waals surface area contributed by atoms with Crippen LogP contribution in [0.15, 0.2) is 47.4 Å². The van der Waals surface area contributed by atoms with Gasteiger partial charge in [-0.25, -0.2) is 8.42 Å². The second-order valence-electron chi connectivity index (χ2n) is 5.96. The van der Waals surface area contributed by atoms with E-state index in [1.807, 2.05) is 30.3 Å². The standard InChI is InChI=1S/C19H19ClO3S/c1-23-19-11-8-14(12-18(19)20)17-5-3-4-16(17)13-6-9-15(10-7-13)24(2,21)22/h6-12H,3-5H2,1-2H3. The van der Waals surface area contributed by atoms with Crippen LogP contribution < -0.4 is 4.74 Å². The van der Waals surface area contributed by atoms with Gasteiger partial charge in [0.15, 0.2) is 9.84 Å². The van der Waals surface area contributed by atoms with E-state index in [4.69, 9.17) is 16.3 Å². The molecule has 0 radical (unpaired) electrons. The minimum atomic E-state index is -3.17. The smallest absolute Gasteiger partial charge is 0.175 e. The van der Waals surface area contributed by atoms with Gasteiger partial charge in [0, 0.05) is 6.26 Å². The highest BCUT2D eigenvalue weighted by molar-refractivity contribution is 7.90. The van der Waals surface area contributed by atoms with Crippen molar-refractivity contribution in [3.05, 3.63) is 58.6 Å². The van der Waals surface area contributed by atoms with Crippen molar-refractivity contribution in [3.63, 3.8) is 0 Å². The zero-order chi connectivity index (χ0) is 17.3. The largest absolute Gasteiger partial charge is 0.495 e. The molecule has 0 spiro atoms. The van der Waals surface area contributed by atoms with Crippen molar-refractivity contribution >= 4 is 32.6 Å². The van der Waals surface area contributed by atoms with Gasteiger partial charge in [0.2, 0.25) is 0 Å². The first-order valence-corrected chi connectivity index (χ1v) is 10.0. The normalized spacial score (nSPS) is 15.0. The molecule has 3 nitrogen and oxygen atoms in total. The SMILES string of the molecule is COc1ccc(C2=C(c3ccc(S(C)(=O)=O)cc3)CCC2)cc1Cl. The molecular formula is C19H19ClO3S. The molecule has 126 valence electrons. The number of sulfone groups is 1. The fraction of sp³-hybridized carbons (Fsp3) is 0.263. The van der Waals surface area contributed by atoms with Crippen LogP contribution in [0.2, 0.25) is 5.02 Å². The third-order valence-electron chi connectivity index (χ3n) is 4.35. The van der Waals surface area contributed by atoms with Crippen LogP contribution in [0.3, 0.4) is 0 Å². The number of methoxy groups -OCH3 is 1. The van der Waals surface area contributed by atoms with E-state index in [1.54, 1.807) is 19.2 Å². The summed E-state index contributed by atoms with van der Waals surface area (Å²) in [6, 6.07) is 13.0. The van der Waals surface area contributed by atoms with Crippen molar-refractivity contribution in [1.82, 2.24) is 0 Å². The van der Waals surface area contributed by atoms with Crippen molar-refractivity contribution in [2.24, 2.45) is 0 Å². The van der Waals surface area contributed by atoms with Gasteiger partial charge in [-0.3, -0.25) is 0 Å². The van der Waals surface area contributed by atoms with Crippen LogP contribution in [0.1, 0.15) is 30.4 Å². The van der Waals surface area contributed by atoms with E-state index in [2.05, 4.69) is 0 Å². The molecule has 0 atom stereocenters. The van der Waals surface area contributed by atoms with E-state index in [9.17, 15) is 8.42 Å². The number of halogens is 1. The van der Waals surface area contributed by atoms with Gasteiger partial charge in [-0.1, -0.05) is 29.8 Å². The Hall–Kier alpha value is -1.78. The number of hydrogen-bond donors (Lipinski definition) is 0. The van der Waals surface area contributed by atoms with E-state index < -0.39 is 9.84 Å². The Bertz CT molecular complexity index is 897. The van der Waals surface area contributed by atoms with Gasteiger partial charge in [0.25, 0.3) is 0 Å². The molecule has 1 aliphatic rings. The van der Waals surface area contributed by atoms with Crippen LogP contribution in [0, 0.1) is 0 Å². The quantitative estimate of drug-likeness (QED) is 0.781. The lowest BCUT2D eigenvalue weighted by molar-refractivity contribution is 0.415. The molecule has 1 aliphatic carbocycles. The van der Waals surface area contributed by atoms with Crippen LogP contribution in [0.5, 0.6) is 5.75 Å². The lowest BCUT2D eigenvalue weighted by Gasteiger charge is -2.11. The zero-order valence-electron chi connectivity index (χ0n) is 13.7. The van der Waals surface area contributed by atoms with Crippen LogP contribution in [-0.4, -0.2) is 21.8 Å². The van der Waals surface area contributed by atoms with Crippen LogP contribution in [0.4, 0.5) is 0 Å². The van der Waals surface area contributed by atoms with Crippen molar-refractivity contribution in [2.75, 3.05) is 13.4 Å². The topological polar surface area (TPSA) is 43.4 Å². The minimum Gasteiger partial charge on any atom is -0.495 e. The first-order chi connectivity index (χ1) is 11.4. The van der Waals surface area contributed by atoms with Gasteiger partial charge in [-0.2, -0.15) is 0 Å². The fourth-order valence-electron chi connectivity index (χ4n) is 3.14. The summed E-state index contributed by atoms with van der Waals surface area (Å²) in [6.07, 6.45) is 4.28. The van der Waals surface area contributed by atoms with Gasteiger partial charge in [-0.05, 0) is 65.8 Å². The van der Waals surface area contributed by atoms with Gasteiger partial charge in [0.1, 0.15) is 5.75 Å². The molecule has 0 fully saturated rings. The molecule has 0 saturated carbocycles. The van der Waals surface area contributed by atoms with Gasteiger partial charge in [-0.15, -0.1) is 0 Å². The molecule has 0 aliphatic heterocycles. The van der Waals surface area contributed by atoms with Crippen molar-refractivity contribution in [2.45, 2.75) is 24.2 Å². The van der Waals surface area contributed by atoms with Crippen molar-refractivity contribution in [1.29, 1.82) is 0 Å². The van der Waals surface area contributed by atoms with Crippen LogP contribution in [0.25, 0.3) is 11.1 Å². The highest BCUT2D eigenvalue weighted by Gasteiger charge is 2.19. The number of ether oxygens (including phenoxy) is 1. The van der Waals surface area contributed by atoms with E-state index >= 15 is 0 Å². The first kappa shape index (κ1) is 17.1. The molecule has 3 rings (SSSR count). The summed E-state index contributed by atoms with van der Waals surface area (Å²) in [6.45, 7) is 0. The Morgan fingerprint density at radius 3 is 2.08 bits per heavy atom. The van der Waals surface area contributed by atoms with Crippen molar-refractivity contribution < 1.29 is 13.2 Å². The number of allylic oxidation sites excluding steroid dienone is 2. The van der Waals surface area contributed by atoms with E-state index in [-0.39, 0.29) is 0 Å². The molecule has 0 aromatic heterocycles. The molecule has 0 heterocycles. The Morgan fingerprint density at radius 1 is 0.958 bits per heavy atom. The molecule has 2 aromatic rings. The predicted octanol–water partition coefficient (Wildman–Crippen LogP) is 4.85. The van der Waals surface area contributed by atoms with Gasteiger partial charge < -0.3 is 4.74 Å². The summed E-state index contributed by atoms with van der Waals surface area (Å²) in [7, 11) is -1.57. The van der Waals surface area contributed by atoms with Crippen LogP contribution >= 0.6 is 11.6 Å². The molecule has 0 unspecified atom stereocenters. The lowest BCUT2D eigenvalue weighted by Crippen LogP contribution is -1.97. The van der Waals surface area contributed by atoms with Gasteiger partial charge >= 0.3 is 0 Å². The maximum Gasteiger partial charge on any atom is 0.175 e. The summed E-state index contributed by atoms with van der Waals surface area (Å²) in [5.74, 6) is 0.665. The summed E-state index contributed by atoms with van der Waals surface area (Å²) >= 11 is 6.26. The lowest BCUT2D eigenvalue weighted by atomic mass is 9.97. The fourth-order valence-corrected chi connectivity index (χ4v) is 4.03. The molecule has 2 aromatic carbocycles. The highest BCUT2D eigenvalue weighted by atomic mass is 35.5.